The van der Waals surface area contributed by atoms with Crippen LogP contribution in [0.2, 0.25) is 0 Å². The molecule has 1 aromatic carbocycles. The zero-order valence-corrected chi connectivity index (χ0v) is 20.5. The summed E-state index contributed by atoms with van der Waals surface area (Å²) in [5.41, 5.74) is 2.93. The zero-order chi connectivity index (χ0) is 24.9. The average Bonchev–Trinajstić information content (AvgIpc) is 3.85. The standard InChI is InChI=1S/C27H29N5O5/c33-26(31-17-7-9-32(10-8-17)27(34)16-3-4-16)18-11-28-24-22(18)29-13-30-23(24)21-19(35-12-15-1-2-15)5-6-20-25(21)37-14-36-20/h5-6,11,13,15-17,28H,1-4,7-10,12,14H2,(H,31,33). The number of amides is 2. The van der Waals surface area contributed by atoms with Crippen LogP contribution in [0.5, 0.6) is 17.2 Å². The zero-order valence-electron chi connectivity index (χ0n) is 20.5. The van der Waals surface area contributed by atoms with Gasteiger partial charge in [0.15, 0.2) is 11.5 Å². The van der Waals surface area contributed by atoms with Crippen LogP contribution in [0.3, 0.4) is 0 Å². The number of ether oxygens (including phenoxy) is 3. The molecule has 10 heteroatoms. The summed E-state index contributed by atoms with van der Waals surface area (Å²) in [5, 5.41) is 3.14. The SMILES string of the molecule is O=C(NC1CCN(C(=O)C2CC2)CC1)c1c[nH]c2c(-c3c(OCC4CC4)ccc4c3OCO4)ncnc12. The van der Waals surface area contributed by atoms with E-state index in [9.17, 15) is 9.59 Å². The molecule has 10 nitrogen and oxygen atoms in total. The second-order valence-electron chi connectivity index (χ2n) is 10.4. The van der Waals surface area contributed by atoms with Gasteiger partial charge in [0, 0.05) is 31.2 Å². The molecule has 2 N–H and O–H groups in total. The van der Waals surface area contributed by atoms with Gasteiger partial charge in [0.1, 0.15) is 23.3 Å². The number of carbonyl (C=O) groups is 2. The number of likely N-dealkylation sites (tertiary alicyclic amines) is 1. The maximum Gasteiger partial charge on any atom is 0.255 e. The summed E-state index contributed by atoms with van der Waals surface area (Å²) in [6.45, 7) is 2.15. The van der Waals surface area contributed by atoms with Crippen LogP contribution in [-0.2, 0) is 4.79 Å². The summed E-state index contributed by atoms with van der Waals surface area (Å²) in [6, 6.07) is 3.76. The van der Waals surface area contributed by atoms with Gasteiger partial charge < -0.3 is 29.4 Å². The summed E-state index contributed by atoms with van der Waals surface area (Å²) in [6.07, 6.45) is 9.03. The predicted molar refractivity (Wildman–Crippen MR) is 133 cm³/mol. The third-order valence-corrected chi connectivity index (χ3v) is 7.69. The van der Waals surface area contributed by atoms with E-state index in [2.05, 4.69) is 20.3 Å². The lowest BCUT2D eigenvalue weighted by Gasteiger charge is -2.32. The maximum absolute atomic E-state index is 13.3. The van der Waals surface area contributed by atoms with E-state index in [1.54, 1.807) is 6.20 Å². The van der Waals surface area contributed by atoms with E-state index in [4.69, 9.17) is 14.2 Å². The first-order valence-corrected chi connectivity index (χ1v) is 13.1. The van der Waals surface area contributed by atoms with E-state index in [0.717, 1.165) is 25.7 Å². The van der Waals surface area contributed by atoms with E-state index in [0.29, 0.717) is 70.7 Å². The monoisotopic (exact) mass is 503 g/mol. The molecule has 0 unspecified atom stereocenters. The first-order chi connectivity index (χ1) is 18.2. The van der Waals surface area contributed by atoms with Crippen molar-refractivity contribution in [3.63, 3.8) is 0 Å². The minimum atomic E-state index is -0.189. The summed E-state index contributed by atoms with van der Waals surface area (Å²) < 4.78 is 17.6. The number of H-pyrrole nitrogens is 1. The van der Waals surface area contributed by atoms with E-state index < -0.39 is 0 Å². The Morgan fingerprint density at radius 3 is 2.70 bits per heavy atom. The highest BCUT2D eigenvalue weighted by Gasteiger charge is 2.35. The van der Waals surface area contributed by atoms with Crippen molar-refractivity contribution in [2.24, 2.45) is 11.8 Å². The number of aromatic amines is 1. The van der Waals surface area contributed by atoms with E-state index in [-0.39, 0.29) is 30.6 Å². The highest BCUT2D eigenvalue weighted by molar-refractivity contribution is 6.08. The second-order valence-corrected chi connectivity index (χ2v) is 10.4. The highest BCUT2D eigenvalue weighted by atomic mass is 16.7. The summed E-state index contributed by atoms with van der Waals surface area (Å²) >= 11 is 0. The lowest BCUT2D eigenvalue weighted by Crippen LogP contribution is -2.47. The van der Waals surface area contributed by atoms with Crippen LogP contribution in [0.4, 0.5) is 0 Å². The number of piperidine rings is 1. The third-order valence-electron chi connectivity index (χ3n) is 7.69. The van der Waals surface area contributed by atoms with E-state index >= 15 is 0 Å². The van der Waals surface area contributed by atoms with Crippen LogP contribution in [-0.4, -0.2) is 64.2 Å². The molecule has 4 aliphatic rings. The first-order valence-electron chi connectivity index (χ1n) is 13.1. The van der Waals surface area contributed by atoms with Crippen LogP contribution in [0, 0.1) is 11.8 Å². The first kappa shape index (κ1) is 22.4. The number of nitrogens with zero attached hydrogens (tertiary/aromatic N) is 3. The molecular formula is C27H29N5O5. The Balaban J connectivity index is 1.14. The molecule has 1 saturated heterocycles. The van der Waals surface area contributed by atoms with Crippen molar-refractivity contribution in [2.45, 2.75) is 44.6 Å². The Bertz CT molecular complexity index is 1370. The lowest BCUT2D eigenvalue weighted by molar-refractivity contribution is -0.133. The largest absolute Gasteiger partial charge is 0.492 e. The van der Waals surface area contributed by atoms with Crippen molar-refractivity contribution in [1.29, 1.82) is 0 Å². The van der Waals surface area contributed by atoms with Crippen LogP contribution in [0.15, 0.2) is 24.7 Å². The van der Waals surface area contributed by atoms with Gasteiger partial charge in [-0.3, -0.25) is 9.59 Å². The van der Waals surface area contributed by atoms with Gasteiger partial charge in [-0.05, 0) is 56.6 Å². The van der Waals surface area contributed by atoms with Gasteiger partial charge >= 0.3 is 0 Å². The van der Waals surface area contributed by atoms with Crippen LogP contribution in [0.25, 0.3) is 22.3 Å². The van der Waals surface area contributed by atoms with Gasteiger partial charge in [0.2, 0.25) is 12.7 Å². The number of carbonyl (C=O) groups excluding carboxylic acids is 2. The number of aromatic nitrogens is 3. The third kappa shape index (κ3) is 4.24. The molecule has 0 spiro atoms. The molecule has 4 heterocycles. The Morgan fingerprint density at radius 1 is 1.08 bits per heavy atom. The molecule has 2 saturated carbocycles. The quantitative estimate of drug-likeness (QED) is 0.508. The van der Waals surface area contributed by atoms with Crippen molar-refractivity contribution >= 4 is 22.8 Å². The van der Waals surface area contributed by atoms with Crippen molar-refractivity contribution in [3.05, 3.63) is 30.2 Å². The molecule has 192 valence electrons. The molecule has 3 fully saturated rings. The van der Waals surface area contributed by atoms with Crippen molar-refractivity contribution in [1.82, 2.24) is 25.2 Å². The minimum Gasteiger partial charge on any atom is -0.492 e. The normalized spacial score (nSPS) is 19.3. The Labute approximate surface area is 213 Å². The molecule has 3 aromatic rings. The van der Waals surface area contributed by atoms with Gasteiger partial charge in [-0.25, -0.2) is 9.97 Å². The number of nitrogens with one attached hydrogen (secondary N) is 2. The number of rotatable bonds is 7. The smallest absolute Gasteiger partial charge is 0.255 e. The Morgan fingerprint density at radius 2 is 1.92 bits per heavy atom. The van der Waals surface area contributed by atoms with E-state index in [1.807, 2.05) is 17.0 Å². The number of hydrogen-bond acceptors (Lipinski definition) is 7. The number of hydrogen-bond donors (Lipinski definition) is 2. The van der Waals surface area contributed by atoms with Gasteiger partial charge in [0.05, 0.1) is 23.3 Å². The molecule has 2 aromatic heterocycles. The molecule has 0 radical (unpaired) electrons. The van der Waals surface area contributed by atoms with Crippen molar-refractivity contribution in [3.8, 4) is 28.5 Å². The Hall–Kier alpha value is -3.82. The molecule has 7 rings (SSSR count). The fraction of sp³-hybridized carbons (Fsp3) is 0.481. The minimum absolute atomic E-state index is 0.0207. The van der Waals surface area contributed by atoms with Gasteiger partial charge in [-0.1, -0.05) is 0 Å². The van der Waals surface area contributed by atoms with Crippen LogP contribution >= 0.6 is 0 Å². The topological polar surface area (TPSA) is 119 Å². The number of benzene rings is 1. The molecule has 0 atom stereocenters. The number of fused-ring (bicyclic) bond motifs is 2. The molecule has 0 bridgehead atoms. The Kier molecular flexibility index (Phi) is 5.40. The summed E-state index contributed by atoms with van der Waals surface area (Å²) in [4.78, 5) is 39.8. The molecular weight excluding hydrogens is 474 g/mol. The fourth-order valence-corrected chi connectivity index (χ4v) is 5.19. The molecule has 2 aliphatic carbocycles. The molecule has 2 amide bonds. The fourth-order valence-electron chi connectivity index (χ4n) is 5.19. The molecule has 2 aliphatic heterocycles. The van der Waals surface area contributed by atoms with Crippen molar-refractivity contribution in [2.75, 3.05) is 26.5 Å². The van der Waals surface area contributed by atoms with Gasteiger partial charge in [-0.15, -0.1) is 0 Å². The average molecular weight is 504 g/mol. The second kappa shape index (κ2) is 8.93. The van der Waals surface area contributed by atoms with Crippen LogP contribution < -0.4 is 19.5 Å². The van der Waals surface area contributed by atoms with Crippen LogP contribution in [0.1, 0.15) is 48.9 Å². The summed E-state index contributed by atoms with van der Waals surface area (Å²) in [7, 11) is 0. The van der Waals surface area contributed by atoms with Gasteiger partial charge in [0.25, 0.3) is 5.91 Å². The highest BCUT2D eigenvalue weighted by Crippen LogP contribution is 2.48. The van der Waals surface area contributed by atoms with Gasteiger partial charge in [-0.2, -0.15) is 0 Å². The van der Waals surface area contributed by atoms with Crippen molar-refractivity contribution < 1.29 is 23.8 Å². The summed E-state index contributed by atoms with van der Waals surface area (Å²) in [5.74, 6) is 2.79. The molecule has 37 heavy (non-hydrogen) atoms. The lowest BCUT2D eigenvalue weighted by atomic mass is 10.0. The predicted octanol–water partition coefficient (Wildman–Crippen LogP) is 3.27. The van der Waals surface area contributed by atoms with E-state index in [1.165, 1.54) is 19.2 Å². The maximum atomic E-state index is 13.3.